The van der Waals surface area contributed by atoms with Crippen LogP contribution < -0.4 is 25.8 Å². The van der Waals surface area contributed by atoms with Crippen molar-refractivity contribution in [2.45, 2.75) is 98.4 Å². The molecule has 7 N–H and O–H groups in total. The number of hydrogen-bond donors (Lipinski definition) is 6. The maximum absolute atomic E-state index is 12.6. The lowest BCUT2D eigenvalue weighted by atomic mass is 10.2. The highest BCUT2D eigenvalue weighted by Gasteiger charge is 2.62. The minimum atomic E-state index is -4.03. The molecule has 3 unspecified atom stereocenters. The molecule has 3 aliphatic rings. The Morgan fingerprint density at radius 2 is 1.00 bits per heavy atom. The molecule has 2 aromatic carbocycles. The fraction of sp³-hybridized carbons (Fsp3) is 0.425. The van der Waals surface area contributed by atoms with Gasteiger partial charge in [-0.3, -0.25) is 9.59 Å². The summed E-state index contributed by atoms with van der Waals surface area (Å²) in [6, 6.07) is 15.2. The van der Waals surface area contributed by atoms with Gasteiger partial charge in [0.05, 0.1) is 9.79 Å². The molecular formula is C40H54ClN5O12S2. The van der Waals surface area contributed by atoms with Crippen LogP contribution in [-0.4, -0.2) is 79.7 Å². The minimum absolute atomic E-state index is 0. The van der Waals surface area contributed by atoms with Gasteiger partial charge in [0.25, 0.3) is 31.9 Å². The third kappa shape index (κ3) is 13.1. The normalized spacial score (nSPS) is 24.8. The molecule has 0 saturated heterocycles. The molecule has 0 aliphatic heterocycles. The highest BCUT2D eigenvalue weighted by Crippen LogP contribution is 2.46. The number of carbonyl (C=O) groups is 5. The third-order valence-electron chi connectivity index (χ3n) is 9.16. The average molecular weight is 896 g/mol. The van der Waals surface area contributed by atoms with Crippen LogP contribution in [0.2, 0.25) is 0 Å². The molecule has 0 radical (unpaired) electrons. The number of carboxylic acid groups (broad SMARTS) is 1. The van der Waals surface area contributed by atoms with E-state index in [1.165, 1.54) is 36.4 Å². The Hall–Kier alpha value is -5.24. The fourth-order valence-corrected chi connectivity index (χ4v) is 7.75. The van der Waals surface area contributed by atoms with Crippen LogP contribution in [0.15, 0.2) is 108 Å². The maximum Gasteiger partial charge on any atom is 0.408 e. The molecule has 17 nitrogen and oxygen atoms in total. The van der Waals surface area contributed by atoms with Crippen LogP contribution in [0.4, 0.5) is 9.59 Å². The number of nitrogens with one attached hydrogen (secondary N) is 4. The number of aliphatic carboxylic acids is 1. The van der Waals surface area contributed by atoms with Gasteiger partial charge in [-0.15, -0.1) is 32.1 Å². The van der Waals surface area contributed by atoms with Gasteiger partial charge < -0.3 is 30.9 Å². The minimum Gasteiger partial charge on any atom is -0.479 e. The van der Waals surface area contributed by atoms with Crippen LogP contribution in [0.25, 0.3) is 0 Å². The van der Waals surface area contributed by atoms with Gasteiger partial charge >= 0.3 is 18.2 Å². The van der Waals surface area contributed by atoms with Crippen molar-refractivity contribution in [1.29, 1.82) is 0 Å². The van der Waals surface area contributed by atoms with Gasteiger partial charge in [-0.05, 0) is 85.1 Å². The summed E-state index contributed by atoms with van der Waals surface area (Å²) in [7, 11) is -7.88. The number of benzene rings is 2. The molecule has 3 fully saturated rings. The number of sulfonamides is 2. The molecule has 4 amide bonds. The van der Waals surface area contributed by atoms with Crippen molar-refractivity contribution in [3.8, 4) is 0 Å². The lowest BCUT2D eigenvalue weighted by Crippen LogP contribution is -2.52. The van der Waals surface area contributed by atoms with Crippen molar-refractivity contribution in [3.63, 3.8) is 0 Å². The lowest BCUT2D eigenvalue weighted by Gasteiger charge is -2.23. The van der Waals surface area contributed by atoms with E-state index in [-0.39, 0.29) is 46.4 Å². The van der Waals surface area contributed by atoms with Gasteiger partial charge in [-0.25, -0.2) is 40.7 Å². The Balaban J connectivity index is 0.000000317. The lowest BCUT2D eigenvalue weighted by molar-refractivity contribution is -0.141. The molecule has 20 heteroatoms. The molecule has 6 atom stereocenters. The first-order chi connectivity index (χ1) is 27.1. The predicted octanol–water partition coefficient (Wildman–Crippen LogP) is 4.32. The number of ether oxygens (including phenoxy) is 2. The van der Waals surface area contributed by atoms with Gasteiger partial charge in [0.1, 0.15) is 27.8 Å². The van der Waals surface area contributed by atoms with Crippen LogP contribution in [-0.2, 0) is 43.9 Å². The SMILES string of the molecule is C=CC1C[C@]1(N)C(=O)NS(=O)(=O)c1ccccc1.C=CC1C[C@]1(NC(=O)OC(C)(C)C)C(=O)NS(=O)(=O)c1ccccc1.C=CC1C[C@]1(NC(=O)OC(C)(C)C)C(=O)O.Cl. The number of rotatable bonds is 12. The first-order valence-corrected chi connectivity index (χ1v) is 21.2. The van der Waals surface area contributed by atoms with Crippen LogP contribution in [0.5, 0.6) is 0 Å². The van der Waals surface area contributed by atoms with E-state index in [2.05, 4.69) is 30.4 Å². The second kappa shape index (κ2) is 19.0. The Morgan fingerprint density at radius 3 is 1.32 bits per heavy atom. The van der Waals surface area contributed by atoms with E-state index < -0.39 is 77.8 Å². The molecule has 60 heavy (non-hydrogen) atoms. The molecule has 2 aromatic rings. The molecule has 0 bridgehead atoms. The Kier molecular flexibility index (Phi) is 16.1. The van der Waals surface area contributed by atoms with Gasteiger partial charge in [-0.1, -0.05) is 54.6 Å². The summed E-state index contributed by atoms with van der Waals surface area (Å²) in [5.74, 6) is -3.31. The molecule has 330 valence electrons. The van der Waals surface area contributed by atoms with Crippen molar-refractivity contribution in [2.24, 2.45) is 23.5 Å². The van der Waals surface area contributed by atoms with E-state index in [9.17, 15) is 40.8 Å². The molecule has 5 rings (SSSR count). The van der Waals surface area contributed by atoms with Crippen LogP contribution in [0.3, 0.4) is 0 Å². The van der Waals surface area contributed by atoms with Crippen LogP contribution in [0, 0.1) is 17.8 Å². The largest absolute Gasteiger partial charge is 0.479 e. The number of amides is 4. The summed E-state index contributed by atoms with van der Waals surface area (Å²) in [5, 5.41) is 13.9. The predicted molar refractivity (Wildman–Crippen MR) is 224 cm³/mol. The van der Waals surface area contributed by atoms with Crippen LogP contribution in [0.1, 0.15) is 60.8 Å². The zero-order chi connectivity index (χ0) is 44.8. The standard InChI is InChI=1S/C17H22N2O5S.C12H14N2O3S.C11H17NO4.ClH/c1-5-12-11-17(12,18-15(21)24-16(2,3)4)14(20)19-25(22,23)13-9-7-6-8-10-13;1-2-9-8-12(9,13)11(15)14-18(16,17)10-6-4-3-5-7-10;1-5-7-6-11(7,8(13)14)12-9(15)16-10(2,3)4;/h5-10,12H,1,11H2,2-4H3,(H,18,21)(H,19,20);2-7,9H,1,8,13H2,(H,14,15);5,7H,1,6H2,2-4H3,(H,12,15)(H,13,14);1H/t12?,17-;9?,12-;7?,11-;/m111./s1. The first kappa shape index (κ1) is 50.9. The Labute approximate surface area is 357 Å². The quantitative estimate of drug-likeness (QED) is 0.162. The van der Waals surface area contributed by atoms with E-state index in [0.717, 1.165) is 0 Å². The van der Waals surface area contributed by atoms with E-state index in [4.69, 9.17) is 20.3 Å². The molecule has 0 heterocycles. The van der Waals surface area contributed by atoms with E-state index in [1.54, 1.807) is 84.0 Å². The van der Waals surface area contributed by atoms with Gasteiger partial charge in [0, 0.05) is 17.8 Å². The topological polar surface area (TPSA) is 266 Å². The maximum atomic E-state index is 12.6. The summed E-state index contributed by atoms with van der Waals surface area (Å²) in [5.41, 5.74) is 0.684. The average Bonchev–Trinajstić information content (AvgIpc) is 4.07. The van der Waals surface area contributed by atoms with Gasteiger partial charge in [0.2, 0.25) is 0 Å². The third-order valence-corrected chi connectivity index (χ3v) is 11.9. The number of halogens is 1. The summed E-state index contributed by atoms with van der Waals surface area (Å²) >= 11 is 0. The van der Waals surface area contributed by atoms with Crippen molar-refractivity contribution in [1.82, 2.24) is 20.1 Å². The summed E-state index contributed by atoms with van der Waals surface area (Å²) in [4.78, 5) is 58.9. The van der Waals surface area contributed by atoms with Gasteiger partial charge in [-0.2, -0.15) is 0 Å². The Morgan fingerprint density at radius 1 is 0.650 bits per heavy atom. The highest BCUT2D eigenvalue weighted by atomic mass is 35.5. The van der Waals surface area contributed by atoms with Crippen molar-refractivity contribution >= 4 is 62.4 Å². The van der Waals surface area contributed by atoms with Crippen LogP contribution >= 0.6 is 12.4 Å². The van der Waals surface area contributed by atoms with Gasteiger partial charge in [0.15, 0.2) is 0 Å². The number of hydrogen-bond acceptors (Lipinski definition) is 12. The monoisotopic (exact) mass is 895 g/mol. The fourth-order valence-electron chi connectivity index (χ4n) is 5.63. The first-order valence-electron chi connectivity index (χ1n) is 18.3. The number of nitrogens with two attached hydrogens (primary N) is 1. The van der Waals surface area contributed by atoms with Crippen molar-refractivity contribution < 1.29 is 55.4 Å². The second-order valence-corrected chi connectivity index (χ2v) is 19.5. The number of alkyl carbamates (subject to hydrolysis) is 2. The van der Waals surface area contributed by atoms with E-state index >= 15 is 0 Å². The van der Waals surface area contributed by atoms with Crippen molar-refractivity contribution in [3.05, 3.63) is 98.6 Å². The Bertz CT molecular complexity index is 2180. The molecular weight excluding hydrogens is 842 g/mol. The zero-order valence-electron chi connectivity index (χ0n) is 34.2. The molecule has 3 saturated carbocycles. The highest BCUT2D eigenvalue weighted by molar-refractivity contribution is 7.90. The number of carbonyl (C=O) groups excluding carboxylic acids is 4. The van der Waals surface area contributed by atoms with E-state index in [0.29, 0.717) is 12.8 Å². The molecule has 3 aliphatic carbocycles. The second-order valence-electron chi connectivity index (χ2n) is 16.2. The summed E-state index contributed by atoms with van der Waals surface area (Å²) in [6.45, 7) is 20.9. The molecule has 0 aromatic heterocycles. The zero-order valence-corrected chi connectivity index (χ0v) is 36.7. The summed E-state index contributed by atoms with van der Waals surface area (Å²) < 4.78 is 62.6. The number of carboxylic acids is 1. The van der Waals surface area contributed by atoms with E-state index in [1.807, 2.05) is 9.44 Å². The smallest absolute Gasteiger partial charge is 0.408 e. The molecule has 0 spiro atoms. The van der Waals surface area contributed by atoms with Crippen molar-refractivity contribution in [2.75, 3.05) is 0 Å². The summed E-state index contributed by atoms with van der Waals surface area (Å²) in [6.07, 6.45) is 4.15.